The van der Waals surface area contributed by atoms with E-state index in [1.165, 1.54) is 11.3 Å². The molecule has 0 amide bonds. The molecule has 0 aliphatic carbocycles. The average Bonchev–Trinajstić information content (AvgIpc) is 2.43. The third-order valence-electron chi connectivity index (χ3n) is 2.77. The van der Waals surface area contributed by atoms with Crippen LogP contribution in [0.25, 0.3) is 0 Å². The number of benzene rings is 1. The van der Waals surface area contributed by atoms with Crippen LogP contribution in [0.4, 0.5) is 5.69 Å². The summed E-state index contributed by atoms with van der Waals surface area (Å²) in [7, 11) is 2.08. The normalized spacial score (nSPS) is 19.8. The summed E-state index contributed by atoms with van der Waals surface area (Å²) in [5.41, 5.74) is 3.32. The zero-order valence-electron chi connectivity index (χ0n) is 7.91. The molecule has 1 aliphatic rings. The molecule has 2 nitrogen and oxygen atoms in total. The van der Waals surface area contributed by atoms with Crippen LogP contribution in [0.2, 0.25) is 0 Å². The first-order valence-electron chi connectivity index (χ1n) is 4.48. The van der Waals surface area contributed by atoms with E-state index in [-0.39, 0.29) is 0 Å². The van der Waals surface area contributed by atoms with Gasteiger partial charge < -0.3 is 4.90 Å². The van der Waals surface area contributed by atoms with Gasteiger partial charge in [-0.1, -0.05) is 6.07 Å². The van der Waals surface area contributed by atoms with Gasteiger partial charge in [-0.2, -0.15) is 5.26 Å². The molecule has 2 rings (SSSR count). The Morgan fingerprint density at radius 3 is 3.00 bits per heavy atom. The highest BCUT2D eigenvalue weighted by atomic mass is 15.1. The molecule has 1 aliphatic heterocycles. The molecule has 0 fully saturated rings. The van der Waals surface area contributed by atoms with E-state index in [1.807, 2.05) is 12.1 Å². The molecule has 1 aromatic rings. The SMILES string of the molecule is CC1Cc2ccc(C#N)cc2N1C. The van der Waals surface area contributed by atoms with Crippen molar-refractivity contribution in [3.05, 3.63) is 29.3 Å². The Morgan fingerprint density at radius 2 is 2.31 bits per heavy atom. The molecule has 13 heavy (non-hydrogen) atoms. The van der Waals surface area contributed by atoms with Gasteiger partial charge in [0.1, 0.15) is 0 Å². The topological polar surface area (TPSA) is 27.0 Å². The quantitative estimate of drug-likeness (QED) is 0.598. The second-order valence-electron chi connectivity index (χ2n) is 3.62. The van der Waals surface area contributed by atoms with Gasteiger partial charge in [0.2, 0.25) is 0 Å². The van der Waals surface area contributed by atoms with Gasteiger partial charge >= 0.3 is 0 Å². The van der Waals surface area contributed by atoms with Crippen LogP contribution in [0, 0.1) is 11.3 Å². The maximum atomic E-state index is 8.75. The lowest BCUT2D eigenvalue weighted by Crippen LogP contribution is -2.23. The minimum absolute atomic E-state index is 0.559. The van der Waals surface area contributed by atoms with Gasteiger partial charge in [0.25, 0.3) is 0 Å². The van der Waals surface area contributed by atoms with Crippen molar-refractivity contribution in [1.82, 2.24) is 0 Å². The molecule has 1 atom stereocenters. The Kier molecular flexibility index (Phi) is 1.73. The predicted molar refractivity (Wildman–Crippen MR) is 52.7 cm³/mol. The van der Waals surface area contributed by atoms with Crippen LogP contribution < -0.4 is 4.90 Å². The summed E-state index contributed by atoms with van der Waals surface area (Å²) < 4.78 is 0. The molecule has 2 heteroatoms. The molecule has 0 saturated heterocycles. The number of anilines is 1. The first-order chi connectivity index (χ1) is 6.22. The zero-order chi connectivity index (χ0) is 9.42. The highest BCUT2D eigenvalue weighted by Crippen LogP contribution is 2.31. The summed E-state index contributed by atoms with van der Waals surface area (Å²) in [4.78, 5) is 2.23. The van der Waals surface area contributed by atoms with E-state index < -0.39 is 0 Å². The fourth-order valence-corrected chi connectivity index (χ4v) is 1.83. The lowest BCUT2D eigenvalue weighted by atomic mass is 10.1. The average molecular weight is 172 g/mol. The number of rotatable bonds is 0. The van der Waals surface area contributed by atoms with Crippen LogP contribution in [0.3, 0.4) is 0 Å². The maximum absolute atomic E-state index is 8.75. The van der Waals surface area contributed by atoms with Crippen LogP contribution in [0.1, 0.15) is 18.1 Å². The van der Waals surface area contributed by atoms with Crippen LogP contribution >= 0.6 is 0 Å². The summed E-state index contributed by atoms with van der Waals surface area (Å²) in [5.74, 6) is 0. The van der Waals surface area contributed by atoms with Crippen LogP contribution in [0.5, 0.6) is 0 Å². The molecule has 66 valence electrons. The highest BCUT2D eigenvalue weighted by Gasteiger charge is 2.22. The minimum atomic E-state index is 0.559. The van der Waals surface area contributed by atoms with E-state index in [0.717, 1.165) is 12.0 Å². The molecule has 0 aromatic heterocycles. The summed E-state index contributed by atoms with van der Waals surface area (Å²) in [6.45, 7) is 2.20. The predicted octanol–water partition coefficient (Wildman–Crippen LogP) is 1.94. The van der Waals surface area contributed by atoms with Gasteiger partial charge in [0.05, 0.1) is 11.6 Å². The molecule has 1 unspecified atom stereocenters. The molecular weight excluding hydrogens is 160 g/mol. The maximum Gasteiger partial charge on any atom is 0.0992 e. The Hall–Kier alpha value is -1.49. The van der Waals surface area contributed by atoms with Crippen LogP contribution in [-0.2, 0) is 6.42 Å². The minimum Gasteiger partial charge on any atom is -0.371 e. The van der Waals surface area contributed by atoms with Gasteiger partial charge in [0, 0.05) is 18.8 Å². The number of hydrogen-bond acceptors (Lipinski definition) is 2. The van der Waals surface area contributed by atoms with Crippen molar-refractivity contribution in [2.45, 2.75) is 19.4 Å². The number of fused-ring (bicyclic) bond motifs is 1. The van der Waals surface area contributed by atoms with E-state index >= 15 is 0 Å². The summed E-state index contributed by atoms with van der Waals surface area (Å²) in [5, 5.41) is 8.75. The van der Waals surface area contributed by atoms with Crippen molar-refractivity contribution in [3.8, 4) is 6.07 Å². The molecule has 1 aromatic carbocycles. The highest BCUT2D eigenvalue weighted by molar-refractivity contribution is 5.61. The van der Waals surface area contributed by atoms with Gasteiger partial charge in [-0.05, 0) is 31.0 Å². The molecule has 0 radical (unpaired) electrons. The molecule has 0 bridgehead atoms. The number of nitrogens with zero attached hydrogens (tertiary/aromatic N) is 2. The largest absolute Gasteiger partial charge is 0.371 e. The van der Waals surface area contributed by atoms with Crippen molar-refractivity contribution in [2.75, 3.05) is 11.9 Å². The van der Waals surface area contributed by atoms with Crippen molar-refractivity contribution in [3.63, 3.8) is 0 Å². The van der Waals surface area contributed by atoms with Crippen molar-refractivity contribution >= 4 is 5.69 Å². The standard InChI is InChI=1S/C11H12N2/c1-8-5-10-4-3-9(7-12)6-11(10)13(8)2/h3-4,6,8H,5H2,1-2H3. The van der Waals surface area contributed by atoms with E-state index in [4.69, 9.17) is 5.26 Å². The Bertz CT molecular complexity index is 376. The van der Waals surface area contributed by atoms with Gasteiger partial charge in [-0.3, -0.25) is 0 Å². The van der Waals surface area contributed by atoms with Crippen molar-refractivity contribution < 1.29 is 0 Å². The lowest BCUT2D eigenvalue weighted by Gasteiger charge is -2.18. The molecule has 0 spiro atoms. The van der Waals surface area contributed by atoms with Crippen LogP contribution in [0.15, 0.2) is 18.2 Å². The first-order valence-corrected chi connectivity index (χ1v) is 4.48. The Morgan fingerprint density at radius 1 is 1.54 bits per heavy atom. The Balaban J connectivity index is 2.49. The fraction of sp³-hybridized carbons (Fsp3) is 0.364. The number of hydrogen-bond donors (Lipinski definition) is 0. The third kappa shape index (κ3) is 1.17. The number of likely N-dealkylation sites (N-methyl/N-ethyl adjacent to an activating group) is 1. The molecule has 0 N–H and O–H groups in total. The summed E-state index contributed by atoms with van der Waals surface area (Å²) >= 11 is 0. The van der Waals surface area contributed by atoms with Crippen molar-refractivity contribution in [2.24, 2.45) is 0 Å². The Labute approximate surface area is 78.4 Å². The van der Waals surface area contributed by atoms with Gasteiger partial charge in [0.15, 0.2) is 0 Å². The molecule has 1 heterocycles. The van der Waals surface area contributed by atoms with Crippen LogP contribution in [-0.4, -0.2) is 13.1 Å². The zero-order valence-corrected chi connectivity index (χ0v) is 7.91. The second kappa shape index (κ2) is 2.77. The smallest absolute Gasteiger partial charge is 0.0992 e. The fourth-order valence-electron chi connectivity index (χ4n) is 1.83. The molecule has 0 saturated carbocycles. The summed E-state index contributed by atoms with van der Waals surface area (Å²) in [6, 6.07) is 8.65. The van der Waals surface area contributed by atoms with E-state index in [2.05, 4.69) is 31.0 Å². The van der Waals surface area contributed by atoms with E-state index in [0.29, 0.717) is 6.04 Å². The second-order valence-corrected chi connectivity index (χ2v) is 3.62. The van der Waals surface area contributed by atoms with Gasteiger partial charge in [-0.25, -0.2) is 0 Å². The monoisotopic (exact) mass is 172 g/mol. The lowest BCUT2D eigenvalue weighted by molar-refractivity contribution is 0.732. The van der Waals surface area contributed by atoms with Gasteiger partial charge in [-0.15, -0.1) is 0 Å². The van der Waals surface area contributed by atoms with Crippen molar-refractivity contribution in [1.29, 1.82) is 5.26 Å². The number of nitriles is 1. The van der Waals surface area contributed by atoms with E-state index in [1.54, 1.807) is 0 Å². The first kappa shape index (κ1) is 8.12. The van der Waals surface area contributed by atoms with E-state index in [9.17, 15) is 0 Å². The third-order valence-corrected chi connectivity index (χ3v) is 2.77. The summed E-state index contributed by atoms with van der Waals surface area (Å²) in [6.07, 6.45) is 1.09. The molecular formula is C11H12N2.